The second-order valence-electron chi connectivity index (χ2n) is 9.10. The predicted molar refractivity (Wildman–Crippen MR) is 138 cm³/mol. The van der Waals surface area contributed by atoms with Crippen LogP contribution in [0, 0.1) is 0 Å². The Labute approximate surface area is 226 Å². The van der Waals surface area contributed by atoms with Crippen molar-refractivity contribution in [1.82, 2.24) is 4.90 Å². The molecular weight excluding hydrogens is 514 g/mol. The maximum absolute atomic E-state index is 10.3. The van der Waals surface area contributed by atoms with Gasteiger partial charge in [0.05, 0.1) is 33.2 Å². The first-order chi connectivity index (χ1) is 18.5. The van der Waals surface area contributed by atoms with E-state index in [1.807, 2.05) is 24.3 Å². The molecule has 1 heterocycles. The number of nitrogens with zero attached hydrogens (tertiary/aromatic N) is 1. The molecule has 3 rings (SSSR count). The van der Waals surface area contributed by atoms with E-state index in [4.69, 9.17) is 34.6 Å². The number of aliphatic carboxylic acids is 3. The fourth-order valence-corrected chi connectivity index (χ4v) is 4.14. The van der Waals surface area contributed by atoms with Gasteiger partial charge in [-0.3, -0.25) is 14.5 Å². The Hall–Kier alpha value is -3.87. The number of carbonyl (C=O) groups is 3. The van der Waals surface area contributed by atoms with E-state index in [2.05, 4.69) is 11.0 Å². The lowest BCUT2D eigenvalue weighted by atomic mass is 9.96. The van der Waals surface area contributed by atoms with Crippen LogP contribution in [0.15, 0.2) is 42.5 Å². The molecule has 0 saturated carbocycles. The van der Waals surface area contributed by atoms with Gasteiger partial charge in [0.15, 0.2) is 17.1 Å². The summed E-state index contributed by atoms with van der Waals surface area (Å²) in [5, 5.41) is 43.9. The monoisotopic (exact) mass is 549 g/mol. The number of benzene rings is 2. The third kappa shape index (κ3) is 10.1. The van der Waals surface area contributed by atoms with Crippen LogP contribution in [0.5, 0.6) is 17.2 Å². The number of phenolic OH excluding ortho intramolecular Hbond substituents is 1. The summed E-state index contributed by atoms with van der Waals surface area (Å²) in [6.07, 6.45) is 0.187. The molecule has 5 N–H and O–H groups in total. The Kier molecular flexibility index (Phi) is 12.0. The molecule has 2 aromatic carbocycles. The largest absolute Gasteiger partial charge is 0.504 e. The Morgan fingerprint density at radius 3 is 2.13 bits per heavy atom. The average Bonchev–Trinajstić information content (AvgIpc) is 3.37. The normalized spacial score (nSPS) is 14.8. The van der Waals surface area contributed by atoms with E-state index in [1.54, 1.807) is 26.4 Å². The molecule has 1 saturated heterocycles. The number of hydrogen-bond acceptors (Lipinski definition) is 9. The van der Waals surface area contributed by atoms with Crippen LogP contribution in [-0.4, -0.2) is 87.4 Å². The highest BCUT2D eigenvalue weighted by Crippen LogP contribution is 2.28. The Morgan fingerprint density at radius 2 is 1.62 bits per heavy atom. The van der Waals surface area contributed by atoms with Gasteiger partial charge >= 0.3 is 17.9 Å². The van der Waals surface area contributed by atoms with Gasteiger partial charge in [0, 0.05) is 31.8 Å². The van der Waals surface area contributed by atoms with E-state index in [1.165, 1.54) is 0 Å². The van der Waals surface area contributed by atoms with Crippen molar-refractivity contribution in [3.63, 3.8) is 0 Å². The predicted octanol–water partition coefficient (Wildman–Crippen LogP) is 2.34. The number of carboxylic acid groups (broad SMARTS) is 3. The van der Waals surface area contributed by atoms with Crippen LogP contribution in [0.3, 0.4) is 0 Å². The van der Waals surface area contributed by atoms with Gasteiger partial charge in [-0.25, -0.2) is 4.79 Å². The van der Waals surface area contributed by atoms with Gasteiger partial charge < -0.3 is 39.7 Å². The second kappa shape index (κ2) is 14.9. The molecule has 0 amide bonds. The van der Waals surface area contributed by atoms with E-state index in [0.29, 0.717) is 5.75 Å². The van der Waals surface area contributed by atoms with Crippen LogP contribution in [0.25, 0.3) is 0 Å². The van der Waals surface area contributed by atoms with Crippen molar-refractivity contribution in [2.75, 3.05) is 27.4 Å². The summed E-state index contributed by atoms with van der Waals surface area (Å²) < 4.78 is 16.5. The Balaban J connectivity index is 0.000000349. The molecule has 0 aromatic heterocycles. The third-order valence-electron chi connectivity index (χ3n) is 6.01. The summed E-state index contributed by atoms with van der Waals surface area (Å²) in [6.45, 7) is 3.17. The van der Waals surface area contributed by atoms with Gasteiger partial charge in [-0.1, -0.05) is 24.3 Å². The first-order valence-corrected chi connectivity index (χ1v) is 12.2. The number of hydrogen-bond donors (Lipinski definition) is 5. The molecule has 214 valence electrons. The van der Waals surface area contributed by atoms with Gasteiger partial charge in [-0.05, 0) is 36.6 Å². The van der Waals surface area contributed by atoms with Crippen molar-refractivity contribution in [1.29, 1.82) is 0 Å². The lowest BCUT2D eigenvalue weighted by Crippen LogP contribution is -2.42. The maximum Gasteiger partial charge on any atom is 0.336 e. The van der Waals surface area contributed by atoms with Crippen LogP contribution < -0.4 is 9.47 Å². The molecular formula is C27H35NO11. The third-order valence-corrected chi connectivity index (χ3v) is 6.01. The summed E-state index contributed by atoms with van der Waals surface area (Å²) in [4.78, 5) is 32.8. The van der Waals surface area contributed by atoms with Gasteiger partial charge in [0.2, 0.25) is 0 Å². The van der Waals surface area contributed by atoms with E-state index in [9.17, 15) is 19.5 Å². The lowest BCUT2D eigenvalue weighted by molar-refractivity contribution is -0.170. The zero-order chi connectivity index (χ0) is 29.0. The first kappa shape index (κ1) is 31.3. The van der Waals surface area contributed by atoms with Crippen molar-refractivity contribution in [2.24, 2.45) is 0 Å². The Bertz CT molecular complexity index is 1100. The van der Waals surface area contributed by atoms with E-state index in [0.717, 1.165) is 56.0 Å². The molecule has 12 heteroatoms. The highest BCUT2D eigenvalue weighted by Gasteiger charge is 2.40. The second-order valence-corrected chi connectivity index (χ2v) is 9.10. The molecule has 0 aliphatic carbocycles. The quantitative estimate of drug-likeness (QED) is 0.246. The van der Waals surface area contributed by atoms with E-state index in [-0.39, 0.29) is 11.9 Å². The number of carboxylic acids is 3. The minimum atomic E-state index is -2.74. The van der Waals surface area contributed by atoms with Crippen LogP contribution >= 0.6 is 0 Å². The van der Waals surface area contributed by atoms with Crippen LogP contribution in [0.2, 0.25) is 0 Å². The summed E-state index contributed by atoms with van der Waals surface area (Å²) in [6, 6.07) is 13.6. The number of ether oxygens (including phenoxy) is 3. The fourth-order valence-electron chi connectivity index (χ4n) is 4.14. The minimum absolute atomic E-state index is 0.166. The minimum Gasteiger partial charge on any atom is -0.504 e. The summed E-state index contributed by atoms with van der Waals surface area (Å²) in [7, 11) is 3.25. The van der Waals surface area contributed by atoms with Crippen LogP contribution in [-0.2, 0) is 32.2 Å². The zero-order valence-corrected chi connectivity index (χ0v) is 21.9. The van der Waals surface area contributed by atoms with Gasteiger partial charge in [0.1, 0.15) is 5.75 Å². The van der Waals surface area contributed by atoms with Crippen molar-refractivity contribution in [2.45, 2.75) is 50.5 Å². The van der Waals surface area contributed by atoms with Crippen molar-refractivity contribution < 1.29 is 54.1 Å². The van der Waals surface area contributed by atoms with Crippen molar-refractivity contribution in [3.05, 3.63) is 53.6 Å². The molecule has 1 fully saturated rings. The summed E-state index contributed by atoms with van der Waals surface area (Å²) >= 11 is 0. The number of rotatable bonds is 13. The van der Waals surface area contributed by atoms with Crippen LogP contribution in [0.1, 0.15) is 36.8 Å². The van der Waals surface area contributed by atoms with E-state index < -0.39 is 36.4 Å². The Morgan fingerprint density at radius 1 is 0.974 bits per heavy atom. The van der Waals surface area contributed by atoms with Crippen molar-refractivity contribution >= 4 is 17.9 Å². The molecule has 1 aliphatic heterocycles. The smallest absolute Gasteiger partial charge is 0.336 e. The zero-order valence-electron chi connectivity index (χ0n) is 21.9. The topological polar surface area (TPSA) is 183 Å². The first-order valence-electron chi connectivity index (χ1n) is 12.2. The van der Waals surface area contributed by atoms with Crippen LogP contribution in [0.4, 0.5) is 0 Å². The SMILES string of the molecule is COc1ccc(CN(Cc2ccccc2OC)CC2CCCO2)cc1O.O=C(O)CC(O)(CC(=O)O)C(=O)O. The average molecular weight is 550 g/mol. The molecule has 1 unspecified atom stereocenters. The summed E-state index contributed by atoms with van der Waals surface area (Å²) in [5.41, 5.74) is -0.556. The number of aromatic hydroxyl groups is 1. The number of methoxy groups -OCH3 is 2. The molecule has 0 radical (unpaired) electrons. The highest BCUT2D eigenvalue weighted by molar-refractivity contribution is 5.88. The fraction of sp³-hybridized carbons (Fsp3) is 0.444. The number of aliphatic hydroxyl groups is 1. The van der Waals surface area contributed by atoms with E-state index >= 15 is 0 Å². The number of phenols is 1. The van der Waals surface area contributed by atoms with Gasteiger partial charge in [-0.2, -0.15) is 0 Å². The molecule has 12 nitrogen and oxygen atoms in total. The van der Waals surface area contributed by atoms with Crippen molar-refractivity contribution in [3.8, 4) is 17.2 Å². The molecule has 0 bridgehead atoms. The molecule has 2 aromatic rings. The molecule has 39 heavy (non-hydrogen) atoms. The number of para-hydroxylation sites is 1. The van der Waals surface area contributed by atoms with Gasteiger partial charge in [0.25, 0.3) is 0 Å². The standard InChI is InChI=1S/C21H27NO4.C6H8O7/c1-24-20-8-4-3-6-17(20)14-22(15-18-7-5-11-26-18)13-16-9-10-21(25-2)19(23)12-16;7-3(8)1-6(13,5(11)12)2-4(9)10/h3-4,6,8-10,12,18,23H,5,7,11,13-15H2,1-2H3;13H,1-2H2,(H,7,8)(H,9,10)(H,11,12). The summed E-state index contributed by atoms with van der Waals surface area (Å²) in [5.74, 6) is -3.47. The molecule has 0 spiro atoms. The lowest BCUT2D eigenvalue weighted by Gasteiger charge is -2.26. The van der Waals surface area contributed by atoms with Gasteiger partial charge in [-0.15, -0.1) is 0 Å². The highest BCUT2D eigenvalue weighted by atomic mass is 16.5. The maximum atomic E-state index is 10.3. The molecule has 1 atom stereocenters. The molecule has 1 aliphatic rings.